The number of pyridine rings is 1. The SMILES string of the molecule is N#Cc1cc(C#N)cc(-c2ccc(-c3ccc4c(c3)nc(-c3ccccc3)c3ccc5nsnc5c34)cc2)c1. The van der Waals surface area contributed by atoms with Crippen LogP contribution in [-0.2, 0) is 0 Å². The summed E-state index contributed by atoms with van der Waals surface area (Å²) in [5.41, 5.74) is 9.49. The van der Waals surface area contributed by atoms with Gasteiger partial charge in [-0.15, -0.1) is 0 Å². The fourth-order valence-electron chi connectivity index (χ4n) is 5.11. The summed E-state index contributed by atoms with van der Waals surface area (Å²) >= 11 is 1.23. The van der Waals surface area contributed by atoms with Crippen molar-refractivity contribution >= 4 is 44.4 Å². The molecule has 0 fully saturated rings. The molecule has 0 saturated heterocycles. The van der Waals surface area contributed by atoms with Crippen molar-refractivity contribution in [1.29, 1.82) is 10.5 Å². The molecule has 5 aromatic carbocycles. The number of hydrogen-bond acceptors (Lipinski definition) is 6. The molecule has 0 bridgehead atoms. The highest BCUT2D eigenvalue weighted by Crippen LogP contribution is 2.38. The molecule has 2 heterocycles. The minimum absolute atomic E-state index is 0.472. The van der Waals surface area contributed by atoms with Crippen molar-refractivity contribution in [2.45, 2.75) is 0 Å². The number of benzene rings is 5. The van der Waals surface area contributed by atoms with Gasteiger partial charge in [0, 0.05) is 21.7 Å². The molecule has 0 aliphatic rings. The highest BCUT2D eigenvalue weighted by atomic mass is 32.1. The van der Waals surface area contributed by atoms with E-state index < -0.39 is 0 Å². The Morgan fingerprint density at radius 1 is 0.538 bits per heavy atom. The predicted octanol–water partition coefficient (Wildman–Crippen LogP) is 8.14. The van der Waals surface area contributed by atoms with Crippen LogP contribution in [0.5, 0.6) is 0 Å². The maximum atomic E-state index is 9.34. The van der Waals surface area contributed by atoms with Crippen molar-refractivity contribution in [2.24, 2.45) is 0 Å². The molecule has 7 aromatic rings. The van der Waals surface area contributed by atoms with Crippen LogP contribution in [0.1, 0.15) is 11.1 Å². The zero-order valence-corrected chi connectivity index (χ0v) is 21.3. The van der Waals surface area contributed by atoms with Crippen molar-refractivity contribution in [3.63, 3.8) is 0 Å². The van der Waals surface area contributed by atoms with Crippen LogP contribution in [0.4, 0.5) is 0 Å². The van der Waals surface area contributed by atoms with Crippen molar-refractivity contribution in [3.8, 4) is 45.6 Å². The molecule has 0 N–H and O–H groups in total. The van der Waals surface area contributed by atoms with Crippen LogP contribution in [0.25, 0.3) is 66.2 Å². The summed E-state index contributed by atoms with van der Waals surface area (Å²) in [6.45, 7) is 0. The molecular formula is C33H17N5S. The van der Waals surface area contributed by atoms with E-state index in [0.29, 0.717) is 11.1 Å². The summed E-state index contributed by atoms with van der Waals surface area (Å²) in [5, 5.41) is 21.8. The Labute approximate surface area is 228 Å². The van der Waals surface area contributed by atoms with E-state index in [1.807, 2.05) is 36.4 Å². The standard InChI is InChI=1S/C33H17N5S/c34-18-20-14-21(19-35)16-26(15-20)23-8-6-22(7-9-23)25-10-11-27-30(17-25)36-32(24-4-2-1-3-5-24)28-12-13-29-33(31(27)28)38-39-37-29/h1-17H. The van der Waals surface area contributed by atoms with Crippen LogP contribution >= 0.6 is 11.7 Å². The van der Waals surface area contributed by atoms with Gasteiger partial charge in [-0.1, -0.05) is 66.7 Å². The van der Waals surface area contributed by atoms with E-state index in [2.05, 4.69) is 69.4 Å². The lowest BCUT2D eigenvalue weighted by Gasteiger charge is -2.12. The minimum atomic E-state index is 0.472. The zero-order chi connectivity index (χ0) is 26.3. The highest BCUT2D eigenvalue weighted by molar-refractivity contribution is 7.00. The molecule has 0 aliphatic heterocycles. The monoisotopic (exact) mass is 515 g/mol. The molecule has 0 spiro atoms. The van der Waals surface area contributed by atoms with Gasteiger partial charge in [-0.3, -0.25) is 0 Å². The quantitative estimate of drug-likeness (QED) is 0.222. The largest absolute Gasteiger partial charge is 0.247 e. The Balaban J connectivity index is 1.39. The molecule has 0 radical (unpaired) electrons. The summed E-state index contributed by atoms with van der Waals surface area (Å²) in [4.78, 5) is 5.15. The van der Waals surface area contributed by atoms with Gasteiger partial charge in [-0.05, 0) is 58.7 Å². The van der Waals surface area contributed by atoms with E-state index in [1.165, 1.54) is 11.7 Å². The summed E-state index contributed by atoms with van der Waals surface area (Å²) in [5.74, 6) is 0. The van der Waals surface area contributed by atoms with E-state index >= 15 is 0 Å². The van der Waals surface area contributed by atoms with Gasteiger partial charge >= 0.3 is 0 Å². The molecule has 0 unspecified atom stereocenters. The highest BCUT2D eigenvalue weighted by Gasteiger charge is 2.16. The molecule has 0 saturated carbocycles. The lowest BCUT2D eigenvalue weighted by molar-refractivity contribution is 1.43. The number of fused-ring (bicyclic) bond motifs is 5. The Kier molecular flexibility index (Phi) is 5.33. The number of hydrogen-bond donors (Lipinski definition) is 0. The van der Waals surface area contributed by atoms with Crippen LogP contribution < -0.4 is 0 Å². The van der Waals surface area contributed by atoms with Crippen molar-refractivity contribution in [3.05, 3.63) is 114 Å². The molecular weight excluding hydrogens is 498 g/mol. The van der Waals surface area contributed by atoms with Crippen LogP contribution in [0, 0.1) is 22.7 Å². The zero-order valence-electron chi connectivity index (χ0n) is 20.5. The smallest absolute Gasteiger partial charge is 0.113 e. The van der Waals surface area contributed by atoms with Gasteiger partial charge in [0.15, 0.2) is 0 Å². The second-order valence-electron chi connectivity index (χ2n) is 9.28. The Hall–Kier alpha value is -5.43. The molecule has 0 amide bonds. The second-order valence-corrected chi connectivity index (χ2v) is 9.81. The van der Waals surface area contributed by atoms with E-state index in [9.17, 15) is 10.5 Å². The van der Waals surface area contributed by atoms with E-state index in [0.717, 1.165) is 66.2 Å². The molecule has 39 heavy (non-hydrogen) atoms. The van der Waals surface area contributed by atoms with Crippen molar-refractivity contribution in [2.75, 3.05) is 0 Å². The third-order valence-electron chi connectivity index (χ3n) is 6.97. The van der Waals surface area contributed by atoms with Gasteiger partial charge < -0.3 is 0 Å². The topological polar surface area (TPSA) is 86.2 Å². The van der Waals surface area contributed by atoms with Crippen molar-refractivity contribution in [1.82, 2.24) is 13.7 Å². The van der Waals surface area contributed by atoms with Gasteiger partial charge in [0.2, 0.25) is 0 Å². The number of rotatable bonds is 3. The van der Waals surface area contributed by atoms with Crippen molar-refractivity contribution < 1.29 is 0 Å². The molecule has 180 valence electrons. The second kappa shape index (κ2) is 9.15. The summed E-state index contributed by atoms with van der Waals surface area (Å²) < 4.78 is 9.11. The number of aromatic nitrogens is 3. The first-order valence-electron chi connectivity index (χ1n) is 12.3. The summed E-state index contributed by atoms with van der Waals surface area (Å²) in [6, 6.07) is 38.3. The van der Waals surface area contributed by atoms with Gasteiger partial charge in [-0.25, -0.2) is 4.98 Å². The summed E-state index contributed by atoms with van der Waals surface area (Å²) in [7, 11) is 0. The minimum Gasteiger partial charge on any atom is -0.247 e. The number of nitrogens with zero attached hydrogens (tertiary/aromatic N) is 5. The average Bonchev–Trinajstić information content (AvgIpc) is 3.50. The first kappa shape index (κ1) is 22.7. The maximum absolute atomic E-state index is 9.34. The van der Waals surface area contributed by atoms with Gasteiger partial charge in [-0.2, -0.15) is 19.3 Å². The van der Waals surface area contributed by atoms with Crippen LogP contribution in [0.15, 0.2) is 103 Å². The Bertz CT molecular complexity index is 2100. The fraction of sp³-hybridized carbons (Fsp3) is 0. The molecule has 7 rings (SSSR count). The van der Waals surface area contributed by atoms with Crippen LogP contribution in [0.2, 0.25) is 0 Å². The fourth-order valence-corrected chi connectivity index (χ4v) is 5.65. The Morgan fingerprint density at radius 3 is 1.92 bits per heavy atom. The summed E-state index contributed by atoms with van der Waals surface area (Å²) in [6.07, 6.45) is 0. The Morgan fingerprint density at radius 2 is 1.21 bits per heavy atom. The molecule has 2 aromatic heterocycles. The lowest BCUT2D eigenvalue weighted by Crippen LogP contribution is -1.91. The van der Waals surface area contributed by atoms with Gasteiger partial charge in [0.05, 0.1) is 46.2 Å². The maximum Gasteiger partial charge on any atom is 0.113 e. The third-order valence-corrected chi connectivity index (χ3v) is 7.51. The van der Waals surface area contributed by atoms with Crippen LogP contribution in [0.3, 0.4) is 0 Å². The average molecular weight is 516 g/mol. The first-order chi connectivity index (χ1) is 19.2. The first-order valence-corrected chi connectivity index (χ1v) is 13.0. The molecule has 6 heteroatoms. The van der Waals surface area contributed by atoms with Crippen LogP contribution in [-0.4, -0.2) is 13.7 Å². The number of nitriles is 2. The molecule has 0 atom stereocenters. The molecule has 5 nitrogen and oxygen atoms in total. The normalized spacial score (nSPS) is 11.0. The third kappa shape index (κ3) is 3.88. The van der Waals surface area contributed by atoms with E-state index in [1.54, 1.807) is 18.2 Å². The van der Waals surface area contributed by atoms with Gasteiger partial charge in [0.25, 0.3) is 0 Å². The van der Waals surface area contributed by atoms with Gasteiger partial charge in [0.1, 0.15) is 11.0 Å². The lowest BCUT2D eigenvalue weighted by atomic mass is 9.95. The molecule has 0 aliphatic carbocycles. The van der Waals surface area contributed by atoms with E-state index in [-0.39, 0.29) is 0 Å². The van der Waals surface area contributed by atoms with E-state index in [4.69, 9.17) is 4.98 Å². The predicted molar refractivity (Wildman–Crippen MR) is 156 cm³/mol.